The smallest absolute Gasteiger partial charge is 0.195 e. The van der Waals surface area contributed by atoms with Gasteiger partial charge in [0.2, 0.25) is 0 Å². The van der Waals surface area contributed by atoms with E-state index in [1.807, 2.05) is 24.3 Å². The van der Waals surface area contributed by atoms with E-state index in [1.165, 1.54) is 13.2 Å². The summed E-state index contributed by atoms with van der Waals surface area (Å²) < 4.78 is 37.6. The van der Waals surface area contributed by atoms with E-state index in [0.29, 0.717) is 24.5 Å². The monoisotopic (exact) mass is 396 g/mol. The van der Waals surface area contributed by atoms with Crippen molar-refractivity contribution in [3.05, 3.63) is 58.3 Å². The molecule has 0 radical (unpaired) electrons. The van der Waals surface area contributed by atoms with Gasteiger partial charge in [0, 0.05) is 16.1 Å². The standard InChI is InChI=1S/C18H18BrFO4/c1-18(16-8-7-14(21-2)9-17(16)20)23-11-15(24-18)10-22-13-5-3-12(19)4-6-13/h3-9,15H,10-11H2,1-2H3/t15-,18+/m1/s1. The number of methoxy groups -OCH3 is 1. The fourth-order valence-electron chi connectivity index (χ4n) is 2.57. The lowest BCUT2D eigenvalue weighted by atomic mass is 10.1. The summed E-state index contributed by atoms with van der Waals surface area (Å²) in [6.45, 7) is 2.37. The molecule has 0 aromatic heterocycles. The molecule has 128 valence electrons. The summed E-state index contributed by atoms with van der Waals surface area (Å²) in [6, 6.07) is 12.1. The Balaban J connectivity index is 1.64. The van der Waals surface area contributed by atoms with E-state index in [2.05, 4.69) is 15.9 Å². The van der Waals surface area contributed by atoms with E-state index in [4.69, 9.17) is 18.9 Å². The Hall–Kier alpha value is -1.63. The molecule has 0 amide bonds. The Morgan fingerprint density at radius 1 is 1.21 bits per heavy atom. The zero-order chi connectivity index (χ0) is 17.2. The Morgan fingerprint density at radius 3 is 2.58 bits per heavy atom. The summed E-state index contributed by atoms with van der Waals surface area (Å²) in [4.78, 5) is 0. The van der Waals surface area contributed by atoms with Gasteiger partial charge >= 0.3 is 0 Å². The topological polar surface area (TPSA) is 36.9 Å². The molecule has 2 aromatic carbocycles. The van der Waals surface area contributed by atoms with E-state index in [9.17, 15) is 4.39 Å². The lowest BCUT2D eigenvalue weighted by molar-refractivity contribution is -0.166. The van der Waals surface area contributed by atoms with Crippen LogP contribution in [0.15, 0.2) is 46.9 Å². The quantitative estimate of drug-likeness (QED) is 0.756. The number of halogens is 2. The lowest BCUT2D eigenvalue weighted by Gasteiger charge is -2.24. The predicted molar refractivity (Wildman–Crippen MR) is 90.8 cm³/mol. The summed E-state index contributed by atoms with van der Waals surface area (Å²) in [5.74, 6) is -0.366. The molecule has 1 heterocycles. The lowest BCUT2D eigenvalue weighted by Crippen LogP contribution is -2.27. The summed E-state index contributed by atoms with van der Waals surface area (Å²) in [7, 11) is 1.49. The van der Waals surface area contributed by atoms with Gasteiger partial charge in [-0.15, -0.1) is 0 Å². The van der Waals surface area contributed by atoms with Crippen LogP contribution in [-0.2, 0) is 15.3 Å². The fraction of sp³-hybridized carbons (Fsp3) is 0.333. The van der Waals surface area contributed by atoms with Crippen LogP contribution in [0, 0.1) is 5.82 Å². The zero-order valence-electron chi connectivity index (χ0n) is 13.4. The van der Waals surface area contributed by atoms with Crippen molar-refractivity contribution in [2.75, 3.05) is 20.3 Å². The summed E-state index contributed by atoms with van der Waals surface area (Å²) in [5, 5.41) is 0. The van der Waals surface area contributed by atoms with Crippen LogP contribution in [0.25, 0.3) is 0 Å². The number of hydrogen-bond acceptors (Lipinski definition) is 4. The molecule has 0 N–H and O–H groups in total. The van der Waals surface area contributed by atoms with Gasteiger partial charge in [-0.3, -0.25) is 0 Å². The first-order valence-electron chi connectivity index (χ1n) is 7.54. The van der Waals surface area contributed by atoms with Crippen molar-refractivity contribution in [3.63, 3.8) is 0 Å². The van der Waals surface area contributed by atoms with Crippen molar-refractivity contribution in [1.82, 2.24) is 0 Å². The minimum atomic E-state index is -1.13. The summed E-state index contributed by atoms with van der Waals surface area (Å²) >= 11 is 3.38. The second-order valence-electron chi connectivity index (χ2n) is 5.61. The van der Waals surface area contributed by atoms with Crippen molar-refractivity contribution in [3.8, 4) is 11.5 Å². The Morgan fingerprint density at radius 2 is 1.92 bits per heavy atom. The molecule has 1 saturated heterocycles. The maximum atomic E-state index is 14.3. The van der Waals surface area contributed by atoms with E-state index in [0.717, 1.165) is 10.2 Å². The normalized spacial score (nSPS) is 23.2. The highest BCUT2D eigenvalue weighted by molar-refractivity contribution is 9.10. The van der Waals surface area contributed by atoms with Crippen molar-refractivity contribution < 1.29 is 23.3 Å². The maximum absolute atomic E-state index is 14.3. The molecule has 6 heteroatoms. The van der Waals surface area contributed by atoms with Crippen LogP contribution < -0.4 is 9.47 Å². The van der Waals surface area contributed by atoms with Crippen LogP contribution in [-0.4, -0.2) is 26.4 Å². The minimum absolute atomic E-state index is 0.278. The summed E-state index contributed by atoms with van der Waals surface area (Å²) in [5.41, 5.74) is 0.342. The molecule has 0 aliphatic carbocycles. The van der Waals surface area contributed by atoms with Crippen molar-refractivity contribution in [1.29, 1.82) is 0 Å². The molecule has 4 nitrogen and oxygen atoms in total. The Labute approximate surface area is 148 Å². The van der Waals surface area contributed by atoms with Crippen LogP contribution in [0.1, 0.15) is 12.5 Å². The van der Waals surface area contributed by atoms with Gasteiger partial charge in [0.1, 0.15) is 30.0 Å². The van der Waals surface area contributed by atoms with Gasteiger partial charge in [-0.25, -0.2) is 4.39 Å². The van der Waals surface area contributed by atoms with Gasteiger partial charge in [-0.2, -0.15) is 0 Å². The zero-order valence-corrected chi connectivity index (χ0v) is 15.0. The first-order valence-corrected chi connectivity index (χ1v) is 8.33. The van der Waals surface area contributed by atoms with Crippen LogP contribution in [0.2, 0.25) is 0 Å². The third-order valence-corrected chi connectivity index (χ3v) is 4.38. The predicted octanol–water partition coefficient (Wildman–Crippen LogP) is 4.26. The minimum Gasteiger partial charge on any atom is -0.497 e. The van der Waals surface area contributed by atoms with Gasteiger partial charge in [-0.1, -0.05) is 15.9 Å². The van der Waals surface area contributed by atoms with Crippen LogP contribution in [0.4, 0.5) is 4.39 Å². The van der Waals surface area contributed by atoms with E-state index in [1.54, 1.807) is 19.1 Å². The van der Waals surface area contributed by atoms with Crippen LogP contribution in [0.3, 0.4) is 0 Å². The van der Waals surface area contributed by atoms with Crippen molar-refractivity contribution >= 4 is 15.9 Å². The molecular weight excluding hydrogens is 379 g/mol. The first kappa shape index (κ1) is 17.2. The second-order valence-corrected chi connectivity index (χ2v) is 6.52. The second kappa shape index (κ2) is 7.09. The van der Waals surface area contributed by atoms with Gasteiger partial charge in [0.05, 0.1) is 13.7 Å². The highest BCUT2D eigenvalue weighted by Gasteiger charge is 2.41. The SMILES string of the molecule is COc1ccc([C@@]2(C)OC[C@@H](COc3ccc(Br)cc3)O2)c(F)c1. The van der Waals surface area contributed by atoms with E-state index >= 15 is 0 Å². The molecule has 1 fully saturated rings. The molecule has 0 saturated carbocycles. The third kappa shape index (κ3) is 3.71. The molecule has 24 heavy (non-hydrogen) atoms. The number of ether oxygens (including phenoxy) is 4. The highest BCUT2D eigenvalue weighted by Crippen LogP contribution is 2.36. The average molecular weight is 397 g/mol. The van der Waals surface area contributed by atoms with Crippen molar-refractivity contribution in [2.45, 2.75) is 18.8 Å². The maximum Gasteiger partial charge on any atom is 0.195 e. The molecule has 3 rings (SSSR count). The van der Waals surface area contributed by atoms with Gasteiger partial charge in [0.15, 0.2) is 5.79 Å². The molecule has 2 aromatic rings. The molecule has 2 atom stereocenters. The molecular formula is C18H18BrFO4. The molecule has 1 aliphatic rings. The van der Waals surface area contributed by atoms with Crippen LogP contribution in [0.5, 0.6) is 11.5 Å². The largest absolute Gasteiger partial charge is 0.497 e. The average Bonchev–Trinajstić information content (AvgIpc) is 2.96. The van der Waals surface area contributed by atoms with E-state index < -0.39 is 11.6 Å². The highest BCUT2D eigenvalue weighted by atomic mass is 79.9. The molecule has 0 bridgehead atoms. The Kier molecular flexibility index (Phi) is 5.08. The van der Waals surface area contributed by atoms with Crippen molar-refractivity contribution in [2.24, 2.45) is 0 Å². The van der Waals surface area contributed by atoms with Crippen LogP contribution >= 0.6 is 15.9 Å². The number of rotatable bonds is 5. The first-order chi connectivity index (χ1) is 11.5. The molecule has 0 spiro atoms. The fourth-order valence-corrected chi connectivity index (χ4v) is 2.84. The van der Waals surface area contributed by atoms with Gasteiger partial charge in [-0.05, 0) is 43.3 Å². The number of hydrogen-bond donors (Lipinski definition) is 0. The molecule has 1 aliphatic heterocycles. The van der Waals surface area contributed by atoms with E-state index in [-0.39, 0.29) is 6.10 Å². The number of benzene rings is 2. The van der Waals surface area contributed by atoms with Gasteiger partial charge < -0.3 is 18.9 Å². The third-order valence-electron chi connectivity index (χ3n) is 3.85. The van der Waals surface area contributed by atoms with Gasteiger partial charge in [0.25, 0.3) is 0 Å². The summed E-state index contributed by atoms with van der Waals surface area (Å²) in [6.07, 6.45) is -0.278. The molecule has 0 unspecified atom stereocenters. The Bertz CT molecular complexity index is 707.